The summed E-state index contributed by atoms with van der Waals surface area (Å²) in [7, 11) is 0. The van der Waals surface area contributed by atoms with Gasteiger partial charge in [0.15, 0.2) is 0 Å². The molecule has 1 aliphatic carbocycles. The van der Waals surface area contributed by atoms with Crippen LogP contribution in [0, 0.1) is 0 Å². The van der Waals surface area contributed by atoms with E-state index in [0.29, 0.717) is 25.7 Å². The Morgan fingerprint density at radius 2 is 2.23 bits per heavy atom. The number of carbonyl (C=O) groups is 2. The van der Waals surface area contributed by atoms with Crippen LogP contribution in [-0.4, -0.2) is 41.9 Å². The number of hydrogen-bond donors (Lipinski definition) is 2. The van der Waals surface area contributed by atoms with Gasteiger partial charge < -0.3 is 15.1 Å². The minimum atomic E-state index is -0.389. The Kier molecular flexibility index (Phi) is 4.77. The molecule has 0 radical (unpaired) electrons. The molecule has 6 heteroatoms. The molecule has 0 spiro atoms. The highest BCUT2D eigenvalue weighted by Crippen LogP contribution is 2.28. The number of nitrogens with one attached hydrogen (secondary N) is 2. The maximum Gasteiger partial charge on any atom is 0.242 e. The number of hydrogen-bond acceptors (Lipinski definition) is 4. The maximum absolute atomic E-state index is 12.3. The SMILES string of the molecule is O=C(CN(Cc1ccco1)C1CC1)NC1CCCCNC1=O. The topological polar surface area (TPSA) is 74.6 Å². The first kappa shape index (κ1) is 15.1. The van der Waals surface area contributed by atoms with E-state index in [1.807, 2.05) is 12.1 Å². The van der Waals surface area contributed by atoms with Gasteiger partial charge in [0.05, 0.1) is 19.4 Å². The van der Waals surface area contributed by atoms with Crippen LogP contribution in [0.5, 0.6) is 0 Å². The molecule has 2 N–H and O–H groups in total. The molecule has 1 aromatic rings. The number of nitrogens with zero attached hydrogens (tertiary/aromatic N) is 1. The predicted octanol–water partition coefficient (Wildman–Crippen LogP) is 1.03. The van der Waals surface area contributed by atoms with Crippen molar-refractivity contribution in [1.82, 2.24) is 15.5 Å². The Balaban J connectivity index is 1.53. The molecule has 1 saturated heterocycles. The molecule has 22 heavy (non-hydrogen) atoms. The van der Waals surface area contributed by atoms with Gasteiger partial charge in [-0.3, -0.25) is 14.5 Å². The van der Waals surface area contributed by atoms with Crippen molar-refractivity contribution in [2.24, 2.45) is 0 Å². The third-order valence-corrected chi connectivity index (χ3v) is 4.22. The molecule has 1 aliphatic heterocycles. The van der Waals surface area contributed by atoms with Gasteiger partial charge in [-0.2, -0.15) is 0 Å². The molecule has 120 valence electrons. The minimum Gasteiger partial charge on any atom is -0.468 e. The summed E-state index contributed by atoms with van der Waals surface area (Å²) in [6, 6.07) is 3.85. The lowest BCUT2D eigenvalue weighted by Gasteiger charge is -2.22. The van der Waals surface area contributed by atoms with Crippen LogP contribution in [0.15, 0.2) is 22.8 Å². The van der Waals surface area contributed by atoms with E-state index in [9.17, 15) is 9.59 Å². The second-order valence-corrected chi connectivity index (χ2v) is 6.12. The Labute approximate surface area is 130 Å². The molecule has 1 aromatic heterocycles. The van der Waals surface area contributed by atoms with Crippen LogP contribution in [0.2, 0.25) is 0 Å². The van der Waals surface area contributed by atoms with Gasteiger partial charge in [-0.15, -0.1) is 0 Å². The van der Waals surface area contributed by atoms with Crippen molar-refractivity contribution >= 4 is 11.8 Å². The van der Waals surface area contributed by atoms with Gasteiger partial charge in [-0.05, 0) is 44.2 Å². The predicted molar refractivity (Wildman–Crippen MR) is 80.9 cm³/mol. The average Bonchev–Trinajstić information content (AvgIpc) is 3.25. The monoisotopic (exact) mass is 305 g/mol. The summed E-state index contributed by atoms with van der Waals surface area (Å²) in [6.07, 6.45) is 6.55. The van der Waals surface area contributed by atoms with Gasteiger partial charge in [-0.1, -0.05) is 0 Å². The van der Waals surface area contributed by atoms with Crippen molar-refractivity contribution in [3.05, 3.63) is 24.2 Å². The number of amides is 2. The van der Waals surface area contributed by atoms with Gasteiger partial charge in [0, 0.05) is 12.6 Å². The van der Waals surface area contributed by atoms with E-state index in [0.717, 1.165) is 37.9 Å². The van der Waals surface area contributed by atoms with Crippen LogP contribution >= 0.6 is 0 Å². The lowest BCUT2D eigenvalue weighted by Crippen LogP contribution is -2.48. The Hall–Kier alpha value is -1.82. The highest BCUT2D eigenvalue weighted by atomic mass is 16.3. The molecular weight excluding hydrogens is 282 g/mol. The highest BCUT2D eigenvalue weighted by Gasteiger charge is 2.31. The van der Waals surface area contributed by atoms with E-state index in [1.54, 1.807) is 6.26 Å². The standard InChI is InChI=1S/C16H23N3O3/c20-15(18-14-5-1-2-8-17-16(14)21)11-19(12-6-7-12)10-13-4-3-9-22-13/h3-4,9,12,14H,1-2,5-8,10-11H2,(H,17,21)(H,18,20). The maximum atomic E-state index is 12.3. The summed E-state index contributed by atoms with van der Waals surface area (Å²) < 4.78 is 5.37. The first-order chi connectivity index (χ1) is 10.7. The third kappa shape index (κ3) is 4.10. The van der Waals surface area contributed by atoms with Crippen molar-refractivity contribution in [3.63, 3.8) is 0 Å². The van der Waals surface area contributed by atoms with Crippen molar-refractivity contribution in [3.8, 4) is 0 Å². The average molecular weight is 305 g/mol. The van der Waals surface area contributed by atoms with Crippen LogP contribution < -0.4 is 10.6 Å². The summed E-state index contributed by atoms with van der Waals surface area (Å²) in [5.41, 5.74) is 0. The first-order valence-corrected chi connectivity index (χ1v) is 8.06. The molecule has 2 heterocycles. The molecule has 2 aliphatic rings. The fourth-order valence-electron chi connectivity index (χ4n) is 2.86. The fourth-order valence-corrected chi connectivity index (χ4v) is 2.86. The molecule has 1 unspecified atom stereocenters. The molecule has 2 fully saturated rings. The van der Waals surface area contributed by atoms with Gasteiger partial charge in [0.2, 0.25) is 11.8 Å². The number of furan rings is 1. The van der Waals surface area contributed by atoms with E-state index < -0.39 is 0 Å². The molecule has 0 bridgehead atoms. The van der Waals surface area contributed by atoms with E-state index >= 15 is 0 Å². The summed E-state index contributed by atoms with van der Waals surface area (Å²) >= 11 is 0. The van der Waals surface area contributed by atoms with E-state index in [1.165, 1.54) is 0 Å². The first-order valence-electron chi connectivity index (χ1n) is 8.06. The van der Waals surface area contributed by atoms with Crippen molar-refractivity contribution < 1.29 is 14.0 Å². The fraction of sp³-hybridized carbons (Fsp3) is 0.625. The summed E-state index contributed by atoms with van der Waals surface area (Å²) in [4.78, 5) is 26.3. The molecule has 3 rings (SSSR count). The molecule has 1 atom stereocenters. The zero-order valence-corrected chi connectivity index (χ0v) is 12.7. The Morgan fingerprint density at radius 3 is 2.95 bits per heavy atom. The lowest BCUT2D eigenvalue weighted by atomic mass is 10.1. The van der Waals surface area contributed by atoms with Gasteiger partial charge in [0.25, 0.3) is 0 Å². The molecular formula is C16H23N3O3. The summed E-state index contributed by atoms with van der Waals surface area (Å²) in [5, 5.41) is 5.72. The molecule has 1 saturated carbocycles. The lowest BCUT2D eigenvalue weighted by molar-refractivity contribution is -0.129. The highest BCUT2D eigenvalue weighted by molar-refractivity contribution is 5.88. The van der Waals surface area contributed by atoms with Gasteiger partial charge >= 0.3 is 0 Å². The van der Waals surface area contributed by atoms with Crippen molar-refractivity contribution in [2.75, 3.05) is 13.1 Å². The zero-order valence-electron chi connectivity index (χ0n) is 12.7. The van der Waals surface area contributed by atoms with Crippen molar-refractivity contribution in [1.29, 1.82) is 0 Å². The quantitative estimate of drug-likeness (QED) is 0.823. The van der Waals surface area contributed by atoms with Crippen molar-refractivity contribution in [2.45, 2.75) is 50.7 Å². The van der Waals surface area contributed by atoms with Crippen LogP contribution in [0.4, 0.5) is 0 Å². The summed E-state index contributed by atoms with van der Waals surface area (Å²) in [5.74, 6) is 0.724. The second kappa shape index (κ2) is 6.96. The summed E-state index contributed by atoms with van der Waals surface area (Å²) in [6.45, 7) is 1.66. The van der Waals surface area contributed by atoms with E-state index in [2.05, 4.69) is 15.5 Å². The zero-order chi connectivity index (χ0) is 15.4. The van der Waals surface area contributed by atoms with Gasteiger partial charge in [-0.25, -0.2) is 0 Å². The normalized spacial score (nSPS) is 22.2. The Morgan fingerprint density at radius 1 is 1.36 bits per heavy atom. The smallest absolute Gasteiger partial charge is 0.242 e. The van der Waals surface area contributed by atoms with Crippen LogP contribution in [0.1, 0.15) is 37.9 Å². The van der Waals surface area contributed by atoms with Crippen LogP contribution in [0.25, 0.3) is 0 Å². The third-order valence-electron chi connectivity index (χ3n) is 4.22. The number of carbonyl (C=O) groups excluding carboxylic acids is 2. The Bertz CT molecular complexity index is 511. The molecule has 6 nitrogen and oxygen atoms in total. The van der Waals surface area contributed by atoms with E-state index in [-0.39, 0.29) is 17.9 Å². The number of rotatable bonds is 6. The second-order valence-electron chi connectivity index (χ2n) is 6.12. The molecule has 0 aromatic carbocycles. The van der Waals surface area contributed by atoms with E-state index in [4.69, 9.17) is 4.42 Å². The van der Waals surface area contributed by atoms with Crippen LogP contribution in [-0.2, 0) is 16.1 Å². The minimum absolute atomic E-state index is 0.0603. The van der Waals surface area contributed by atoms with Crippen LogP contribution in [0.3, 0.4) is 0 Å². The largest absolute Gasteiger partial charge is 0.468 e. The van der Waals surface area contributed by atoms with Gasteiger partial charge in [0.1, 0.15) is 11.8 Å². The molecule has 2 amide bonds.